The molecule has 0 saturated heterocycles. The van der Waals surface area contributed by atoms with E-state index in [1.165, 1.54) is 47.5 Å². The zero-order valence-electron chi connectivity index (χ0n) is 15.5. The molecule has 3 rings (SSSR count). The smallest absolute Gasteiger partial charge is 0.270 e. The van der Waals surface area contributed by atoms with Gasteiger partial charge in [-0.25, -0.2) is 5.43 Å². The van der Waals surface area contributed by atoms with Gasteiger partial charge in [-0.05, 0) is 23.8 Å². The maximum atomic E-state index is 12.0. The second kappa shape index (κ2) is 11.4. The number of hydrogen-bond donors (Lipinski definition) is 1. The van der Waals surface area contributed by atoms with Gasteiger partial charge >= 0.3 is 0 Å². The van der Waals surface area contributed by atoms with E-state index in [1.54, 1.807) is 11.8 Å². The molecule has 1 amide bonds. The third kappa shape index (κ3) is 7.47. The Morgan fingerprint density at radius 3 is 2.58 bits per heavy atom. The molecule has 13 heteroatoms. The predicted molar refractivity (Wildman–Crippen MR) is 125 cm³/mol. The Hall–Kier alpha value is -2.18. The van der Waals surface area contributed by atoms with Crippen LogP contribution in [0.1, 0.15) is 11.1 Å². The molecule has 160 valence electrons. The zero-order valence-corrected chi connectivity index (χ0v) is 19.5. The van der Waals surface area contributed by atoms with Crippen molar-refractivity contribution in [3.8, 4) is 0 Å². The van der Waals surface area contributed by atoms with Gasteiger partial charge in [-0.3, -0.25) is 14.9 Å². The molecule has 0 bridgehead atoms. The SMILES string of the molecule is O=C(CSc1nnc(SCc2ccc(Cl)cc2)s1)N/N=C\c1cc([N+](=O)[O-])ccc1Cl. The van der Waals surface area contributed by atoms with E-state index in [0.29, 0.717) is 14.9 Å². The molecule has 0 aliphatic rings. The molecule has 1 N–H and O–H groups in total. The fourth-order valence-corrected chi connectivity index (χ4v) is 5.18. The standard InChI is InChI=1S/C18H13Cl2N5O3S3/c19-13-3-1-11(2-4-13)9-29-17-23-24-18(31-17)30-10-16(26)22-21-8-12-7-14(25(27)28)5-6-15(12)20/h1-8H,9-10H2,(H,22,26)/b21-8-. The summed E-state index contributed by atoms with van der Waals surface area (Å²) in [6.45, 7) is 0. The minimum Gasteiger partial charge on any atom is -0.272 e. The number of benzene rings is 2. The summed E-state index contributed by atoms with van der Waals surface area (Å²) in [5.74, 6) is 0.482. The summed E-state index contributed by atoms with van der Waals surface area (Å²) in [7, 11) is 0. The van der Waals surface area contributed by atoms with Crippen molar-refractivity contribution in [1.82, 2.24) is 15.6 Å². The van der Waals surface area contributed by atoms with Gasteiger partial charge in [0.15, 0.2) is 8.68 Å². The van der Waals surface area contributed by atoms with E-state index >= 15 is 0 Å². The third-order valence-electron chi connectivity index (χ3n) is 3.57. The maximum absolute atomic E-state index is 12.0. The van der Waals surface area contributed by atoms with E-state index in [4.69, 9.17) is 23.2 Å². The number of nitro groups is 1. The van der Waals surface area contributed by atoms with Gasteiger partial charge in [-0.2, -0.15) is 5.10 Å². The molecule has 0 aliphatic carbocycles. The summed E-state index contributed by atoms with van der Waals surface area (Å²) in [5, 5.41) is 23.8. The molecule has 0 aliphatic heterocycles. The first-order valence-corrected chi connectivity index (χ1v) is 12.0. The number of nitrogens with zero attached hydrogens (tertiary/aromatic N) is 4. The molecule has 8 nitrogen and oxygen atoms in total. The first kappa shape index (κ1) is 23.5. The molecule has 0 spiro atoms. The number of non-ortho nitro benzene ring substituents is 1. The fraction of sp³-hybridized carbons (Fsp3) is 0.111. The number of hydrazone groups is 1. The van der Waals surface area contributed by atoms with E-state index in [9.17, 15) is 14.9 Å². The lowest BCUT2D eigenvalue weighted by molar-refractivity contribution is -0.384. The number of amides is 1. The first-order chi connectivity index (χ1) is 14.9. The third-order valence-corrected chi connectivity index (χ3v) is 7.43. The average molecular weight is 514 g/mol. The van der Waals surface area contributed by atoms with Crippen LogP contribution in [0.5, 0.6) is 0 Å². The van der Waals surface area contributed by atoms with E-state index in [0.717, 1.165) is 15.7 Å². The molecular weight excluding hydrogens is 501 g/mol. The Kier molecular flexibility index (Phi) is 8.67. The van der Waals surface area contributed by atoms with Gasteiger partial charge in [0.05, 0.1) is 16.9 Å². The van der Waals surface area contributed by atoms with Crippen molar-refractivity contribution in [1.29, 1.82) is 0 Å². The van der Waals surface area contributed by atoms with Crippen LogP contribution in [0.3, 0.4) is 0 Å². The quantitative estimate of drug-likeness (QED) is 0.179. The maximum Gasteiger partial charge on any atom is 0.270 e. The number of thioether (sulfide) groups is 2. The number of nitro benzene ring substituents is 1. The molecule has 0 saturated carbocycles. The lowest BCUT2D eigenvalue weighted by atomic mass is 10.2. The lowest BCUT2D eigenvalue weighted by Gasteiger charge is -1.99. The number of hydrogen-bond acceptors (Lipinski definition) is 9. The number of halogens is 2. The van der Waals surface area contributed by atoms with Gasteiger partial charge in [0.1, 0.15) is 0 Å². The van der Waals surface area contributed by atoms with Crippen molar-refractivity contribution in [3.63, 3.8) is 0 Å². The highest BCUT2D eigenvalue weighted by molar-refractivity contribution is 8.03. The minimum atomic E-state index is -0.535. The molecule has 0 unspecified atom stereocenters. The van der Waals surface area contributed by atoms with Crippen molar-refractivity contribution in [2.75, 3.05) is 5.75 Å². The van der Waals surface area contributed by atoms with Crippen LogP contribution in [0.2, 0.25) is 10.0 Å². The van der Waals surface area contributed by atoms with Gasteiger partial charge in [-0.1, -0.05) is 70.2 Å². The number of rotatable bonds is 9. The molecule has 1 aromatic heterocycles. The number of carbonyl (C=O) groups excluding carboxylic acids is 1. The number of aromatic nitrogens is 2. The van der Waals surface area contributed by atoms with Crippen LogP contribution in [0, 0.1) is 10.1 Å². The van der Waals surface area contributed by atoms with E-state index in [-0.39, 0.29) is 22.4 Å². The predicted octanol–water partition coefficient (Wildman–Crippen LogP) is 5.29. The van der Waals surface area contributed by atoms with Crippen molar-refractivity contribution >= 4 is 75.9 Å². The molecule has 2 aromatic carbocycles. The average Bonchev–Trinajstić information content (AvgIpc) is 3.21. The highest BCUT2D eigenvalue weighted by Crippen LogP contribution is 2.30. The van der Waals surface area contributed by atoms with Crippen molar-refractivity contribution in [2.45, 2.75) is 14.4 Å². The molecule has 0 fully saturated rings. The summed E-state index contributed by atoms with van der Waals surface area (Å²) >= 11 is 16.1. The van der Waals surface area contributed by atoms with Crippen LogP contribution in [0.4, 0.5) is 5.69 Å². The van der Waals surface area contributed by atoms with E-state index < -0.39 is 4.92 Å². The van der Waals surface area contributed by atoms with Crippen LogP contribution in [-0.4, -0.2) is 33.0 Å². The zero-order chi connectivity index (χ0) is 22.2. The van der Waals surface area contributed by atoms with E-state index in [1.807, 2.05) is 24.3 Å². The molecule has 0 radical (unpaired) electrons. The second-order valence-corrected chi connectivity index (χ2v) is 10.1. The Labute approximate surface area is 199 Å². The highest BCUT2D eigenvalue weighted by Gasteiger charge is 2.10. The molecular formula is C18H13Cl2N5O3S3. The van der Waals surface area contributed by atoms with Gasteiger partial charge in [0.2, 0.25) is 0 Å². The largest absolute Gasteiger partial charge is 0.272 e. The van der Waals surface area contributed by atoms with Crippen LogP contribution < -0.4 is 5.43 Å². The normalized spacial score (nSPS) is 11.0. The Balaban J connectivity index is 1.45. The van der Waals surface area contributed by atoms with Gasteiger partial charge in [-0.15, -0.1) is 10.2 Å². The summed E-state index contributed by atoms with van der Waals surface area (Å²) in [5.41, 5.74) is 3.69. The summed E-state index contributed by atoms with van der Waals surface area (Å²) in [6.07, 6.45) is 1.26. The van der Waals surface area contributed by atoms with Crippen LogP contribution in [0.15, 0.2) is 56.2 Å². The Morgan fingerprint density at radius 1 is 1.16 bits per heavy atom. The topological polar surface area (TPSA) is 110 Å². The first-order valence-electron chi connectivity index (χ1n) is 8.50. The molecule has 31 heavy (non-hydrogen) atoms. The Bertz CT molecular complexity index is 1110. The summed E-state index contributed by atoms with van der Waals surface area (Å²) in [4.78, 5) is 22.3. The second-order valence-electron chi connectivity index (χ2n) is 5.79. The van der Waals surface area contributed by atoms with E-state index in [2.05, 4.69) is 20.7 Å². The highest BCUT2D eigenvalue weighted by atomic mass is 35.5. The van der Waals surface area contributed by atoms with Crippen LogP contribution in [0.25, 0.3) is 0 Å². The van der Waals surface area contributed by atoms with Crippen LogP contribution in [-0.2, 0) is 10.5 Å². The van der Waals surface area contributed by atoms with Crippen molar-refractivity contribution < 1.29 is 9.72 Å². The van der Waals surface area contributed by atoms with Crippen molar-refractivity contribution in [2.24, 2.45) is 5.10 Å². The summed E-state index contributed by atoms with van der Waals surface area (Å²) < 4.78 is 1.47. The van der Waals surface area contributed by atoms with Gasteiger partial charge < -0.3 is 0 Å². The summed E-state index contributed by atoms with van der Waals surface area (Å²) in [6, 6.07) is 11.6. The fourth-order valence-electron chi connectivity index (χ4n) is 2.12. The molecule has 1 heterocycles. The molecule has 3 aromatic rings. The number of nitrogens with one attached hydrogen (secondary N) is 1. The van der Waals surface area contributed by atoms with Gasteiger partial charge in [0, 0.05) is 33.5 Å². The number of carbonyl (C=O) groups is 1. The Morgan fingerprint density at radius 2 is 1.87 bits per heavy atom. The minimum absolute atomic E-state index is 0.0937. The lowest BCUT2D eigenvalue weighted by Crippen LogP contribution is -2.19. The van der Waals surface area contributed by atoms with Crippen LogP contribution >= 0.6 is 58.1 Å². The van der Waals surface area contributed by atoms with Crippen molar-refractivity contribution in [3.05, 3.63) is 73.8 Å². The van der Waals surface area contributed by atoms with Gasteiger partial charge in [0.25, 0.3) is 11.6 Å². The molecule has 0 atom stereocenters. The monoisotopic (exact) mass is 513 g/mol.